The van der Waals surface area contributed by atoms with Crippen LogP contribution in [0, 0.1) is 11.3 Å². The Bertz CT molecular complexity index is 3440. The van der Waals surface area contributed by atoms with Crippen LogP contribution in [-0.4, -0.2) is 9.97 Å². The second kappa shape index (κ2) is 14.4. The standard InChI is InChI=1S/C58H35N3S/c59-35-37-12-9-15-39(30-37)42-17-11-19-46(33-42)57-60-36-49(44-18-10-16-41(32-44)43-27-26-38-13-1-2-14-40(38)31-43)56(61-57)45-28-29-48-47-20-3-4-21-50(47)58(53(48)34-45)51-22-5-7-24-54(51)62-55-25-8-6-23-52(55)58/h1-34,36H. The molecule has 0 atom stereocenters. The fraction of sp³-hybridized carbons (Fsp3) is 0.0172. The fourth-order valence-corrected chi connectivity index (χ4v) is 11.0. The van der Waals surface area contributed by atoms with Crippen molar-refractivity contribution in [3.05, 3.63) is 240 Å². The third-order valence-corrected chi connectivity index (χ3v) is 13.8. The lowest BCUT2D eigenvalue weighted by molar-refractivity contribution is 0.722. The van der Waals surface area contributed by atoms with Gasteiger partial charge in [0.1, 0.15) is 0 Å². The SMILES string of the molecule is N#Cc1cccc(-c2cccc(-c3ncc(-c4cccc(-c5ccc6ccccc6c5)c4)c(-c4ccc5c(c4)C4(c6ccccc6Sc6ccccc64)c4ccccc4-5)n3)c2)c1. The van der Waals surface area contributed by atoms with E-state index in [0.29, 0.717) is 11.4 Å². The van der Waals surface area contributed by atoms with Crippen molar-refractivity contribution in [1.29, 1.82) is 5.26 Å². The summed E-state index contributed by atoms with van der Waals surface area (Å²) in [6, 6.07) is 76.0. The molecule has 0 fully saturated rings. The van der Waals surface area contributed by atoms with Crippen LogP contribution in [0.15, 0.2) is 222 Å². The smallest absolute Gasteiger partial charge is 0.159 e. The van der Waals surface area contributed by atoms with Crippen LogP contribution in [0.2, 0.25) is 0 Å². The molecule has 3 nitrogen and oxygen atoms in total. The average molecular weight is 806 g/mol. The van der Waals surface area contributed by atoms with E-state index in [2.05, 4.69) is 182 Å². The minimum atomic E-state index is -0.515. The van der Waals surface area contributed by atoms with Crippen molar-refractivity contribution in [3.8, 4) is 73.2 Å². The maximum absolute atomic E-state index is 9.64. The number of hydrogen-bond donors (Lipinski definition) is 0. The Morgan fingerprint density at radius 3 is 1.76 bits per heavy atom. The number of nitrogens with zero attached hydrogens (tertiary/aromatic N) is 3. The van der Waals surface area contributed by atoms with E-state index < -0.39 is 5.41 Å². The van der Waals surface area contributed by atoms with Gasteiger partial charge in [-0.2, -0.15) is 5.26 Å². The Morgan fingerprint density at radius 2 is 0.984 bits per heavy atom. The molecule has 12 rings (SSSR count). The lowest BCUT2D eigenvalue weighted by atomic mass is 9.67. The average Bonchev–Trinajstić information content (AvgIpc) is 3.63. The highest BCUT2D eigenvalue weighted by Gasteiger charge is 2.50. The van der Waals surface area contributed by atoms with Gasteiger partial charge >= 0.3 is 0 Å². The summed E-state index contributed by atoms with van der Waals surface area (Å²) in [7, 11) is 0. The van der Waals surface area contributed by atoms with Crippen molar-refractivity contribution in [3.63, 3.8) is 0 Å². The molecule has 0 unspecified atom stereocenters. The highest BCUT2D eigenvalue weighted by molar-refractivity contribution is 7.99. The number of aromatic nitrogens is 2. The summed E-state index contributed by atoms with van der Waals surface area (Å²) >= 11 is 1.86. The summed E-state index contributed by atoms with van der Waals surface area (Å²) in [6.07, 6.45) is 2.00. The largest absolute Gasteiger partial charge is 0.236 e. The van der Waals surface area contributed by atoms with Crippen LogP contribution in [0.5, 0.6) is 0 Å². The van der Waals surface area contributed by atoms with E-state index in [0.717, 1.165) is 50.2 Å². The summed E-state index contributed by atoms with van der Waals surface area (Å²) in [5.74, 6) is 0.635. The van der Waals surface area contributed by atoms with Gasteiger partial charge in [0.25, 0.3) is 0 Å². The zero-order chi connectivity index (χ0) is 41.2. The highest BCUT2D eigenvalue weighted by atomic mass is 32.2. The first-order valence-corrected chi connectivity index (χ1v) is 21.7. The molecular formula is C58H35N3S. The lowest BCUT2D eigenvalue weighted by Gasteiger charge is -2.39. The van der Waals surface area contributed by atoms with Crippen molar-refractivity contribution < 1.29 is 0 Å². The maximum Gasteiger partial charge on any atom is 0.159 e. The molecule has 288 valence electrons. The van der Waals surface area contributed by atoms with E-state index in [-0.39, 0.29) is 0 Å². The molecule has 0 radical (unpaired) electrons. The van der Waals surface area contributed by atoms with Gasteiger partial charge in [0.2, 0.25) is 0 Å². The van der Waals surface area contributed by atoms with E-state index in [1.165, 1.54) is 53.9 Å². The van der Waals surface area contributed by atoms with Gasteiger partial charge in [0.05, 0.1) is 22.7 Å². The summed E-state index contributed by atoms with van der Waals surface area (Å²) in [6.45, 7) is 0. The van der Waals surface area contributed by atoms with E-state index in [1.54, 1.807) is 0 Å². The molecule has 0 amide bonds. The molecule has 0 N–H and O–H groups in total. The molecule has 2 heterocycles. The zero-order valence-electron chi connectivity index (χ0n) is 33.5. The molecule has 62 heavy (non-hydrogen) atoms. The highest BCUT2D eigenvalue weighted by Crippen LogP contribution is 2.62. The molecule has 2 aliphatic rings. The summed E-state index contributed by atoms with van der Waals surface area (Å²) in [5.41, 5.74) is 16.8. The van der Waals surface area contributed by atoms with E-state index in [9.17, 15) is 5.26 Å². The first kappa shape index (κ1) is 36.0. The number of nitriles is 1. The van der Waals surface area contributed by atoms with Crippen molar-refractivity contribution in [1.82, 2.24) is 9.97 Å². The van der Waals surface area contributed by atoms with Gasteiger partial charge in [-0.15, -0.1) is 0 Å². The Labute approximate surface area is 364 Å². The molecule has 0 bridgehead atoms. The predicted molar refractivity (Wildman–Crippen MR) is 253 cm³/mol. The molecule has 1 aliphatic heterocycles. The first-order valence-electron chi connectivity index (χ1n) is 20.8. The van der Waals surface area contributed by atoms with E-state index >= 15 is 0 Å². The first-order chi connectivity index (χ1) is 30.7. The van der Waals surface area contributed by atoms with Gasteiger partial charge in [-0.1, -0.05) is 169 Å². The van der Waals surface area contributed by atoms with Gasteiger partial charge < -0.3 is 0 Å². The van der Waals surface area contributed by atoms with Crippen LogP contribution in [0.25, 0.3) is 77.9 Å². The maximum atomic E-state index is 9.64. The summed E-state index contributed by atoms with van der Waals surface area (Å²) in [4.78, 5) is 13.2. The van der Waals surface area contributed by atoms with Gasteiger partial charge in [-0.3, -0.25) is 0 Å². The molecule has 0 saturated heterocycles. The number of hydrogen-bond acceptors (Lipinski definition) is 4. The van der Waals surface area contributed by atoms with Gasteiger partial charge in [0, 0.05) is 32.7 Å². The van der Waals surface area contributed by atoms with E-state index in [4.69, 9.17) is 9.97 Å². The number of fused-ring (bicyclic) bond motifs is 10. The van der Waals surface area contributed by atoms with Crippen LogP contribution in [0.3, 0.4) is 0 Å². The van der Waals surface area contributed by atoms with Crippen molar-refractivity contribution >= 4 is 22.5 Å². The van der Waals surface area contributed by atoms with Gasteiger partial charge in [-0.05, 0) is 121 Å². The monoisotopic (exact) mass is 805 g/mol. The van der Waals surface area contributed by atoms with Crippen LogP contribution in [0.4, 0.5) is 0 Å². The third kappa shape index (κ3) is 5.67. The predicted octanol–water partition coefficient (Wildman–Crippen LogP) is 14.7. The molecule has 9 aromatic carbocycles. The minimum absolute atomic E-state index is 0.515. The minimum Gasteiger partial charge on any atom is -0.236 e. The lowest BCUT2D eigenvalue weighted by Crippen LogP contribution is -2.31. The second-order valence-corrected chi connectivity index (χ2v) is 17.1. The molecular weight excluding hydrogens is 771 g/mol. The van der Waals surface area contributed by atoms with Gasteiger partial charge in [0.15, 0.2) is 5.82 Å². The van der Waals surface area contributed by atoms with Crippen LogP contribution in [-0.2, 0) is 5.41 Å². The third-order valence-electron chi connectivity index (χ3n) is 12.6. The Hall–Kier alpha value is -7.84. The van der Waals surface area contributed by atoms with Crippen LogP contribution >= 0.6 is 11.8 Å². The molecule has 4 heteroatoms. The molecule has 1 aromatic heterocycles. The Balaban J connectivity index is 1.08. The van der Waals surface area contributed by atoms with Crippen molar-refractivity contribution in [2.24, 2.45) is 0 Å². The normalized spacial score (nSPS) is 12.9. The van der Waals surface area contributed by atoms with Crippen LogP contribution < -0.4 is 0 Å². The van der Waals surface area contributed by atoms with E-state index in [1.807, 2.05) is 48.3 Å². The van der Waals surface area contributed by atoms with Crippen molar-refractivity contribution in [2.75, 3.05) is 0 Å². The molecule has 1 aliphatic carbocycles. The summed E-state index contributed by atoms with van der Waals surface area (Å²) in [5, 5.41) is 12.1. The molecule has 0 saturated carbocycles. The quantitative estimate of drug-likeness (QED) is 0.174. The summed E-state index contributed by atoms with van der Waals surface area (Å²) < 4.78 is 0. The van der Waals surface area contributed by atoms with Crippen molar-refractivity contribution in [2.45, 2.75) is 15.2 Å². The fourth-order valence-electron chi connectivity index (χ4n) is 9.80. The Morgan fingerprint density at radius 1 is 0.403 bits per heavy atom. The second-order valence-electron chi connectivity index (χ2n) is 16.0. The number of benzene rings is 9. The zero-order valence-corrected chi connectivity index (χ0v) is 34.3. The molecule has 1 spiro atoms. The number of rotatable bonds is 5. The Kier molecular flexibility index (Phi) is 8.38. The van der Waals surface area contributed by atoms with Gasteiger partial charge in [-0.25, -0.2) is 9.97 Å². The topological polar surface area (TPSA) is 49.6 Å². The van der Waals surface area contributed by atoms with Crippen LogP contribution in [0.1, 0.15) is 27.8 Å². The molecule has 10 aromatic rings.